The van der Waals surface area contributed by atoms with Crippen molar-refractivity contribution in [3.05, 3.63) is 22.4 Å². The Balaban J connectivity index is 2.57. The second-order valence-electron chi connectivity index (χ2n) is 4.13. The third-order valence-electron chi connectivity index (χ3n) is 2.64. The molecular formula is C12H20BrFN4. The fourth-order valence-corrected chi connectivity index (χ4v) is 2.26. The van der Waals surface area contributed by atoms with E-state index in [1.807, 2.05) is 25.2 Å². The number of aliphatic imine (C=N–C) groups is 1. The molecule has 0 aliphatic rings. The second-order valence-corrected chi connectivity index (χ2v) is 5.05. The minimum Gasteiger partial charge on any atom is -0.356 e. The molecule has 0 aromatic carbocycles. The van der Waals surface area contributed by atoms with Crippen LogP contribution in [0.5, 0.6) is 0 Å². The first-order chi connectivity index (χ1) is 8.58. The van der Waals surface area contributed by atoms with Crippen LogP contribution < -0.4 is 5.32 Å². The average Bonchev–Trinajstić information content (AvgIpc) is 2.63. The summed E-state index contributed by atoms with van der Waals surface area (Å²) in [4.78, 5) is 6.19. The van der Waals surface area contributed by atoms with Crippen molar-refractivity contribution in [3.63, 3.8) is 0 Å². The summed E-state index contributed by atoms with van der Waals surface area (Å²) in [5, 5.41) is 3.13. The molecule has 0 saturated carbocycles. The van der Waals surface area contributed by atoms with Gasteiger partial charge < -0.3 is 14.8 Å². The molecule has 0 bridgehead atoms. The lowest BCUT2D eigenvalue weighted by Crippen LogP contribution is -2.39. The zero-order valence-electron chi connectivity index (χ0n) is 11.1. The van der Waals surface area contributed by atoms with Crippen molar-refractivity contribution < 1.29 is 4.39 Å². The average molecular weight is 319 g/mol. The Labute approximate surface area is 116 Å². The van der Waals surface area contributed by atoms with Crippen LogP contribution in [0.4, 0.5) is 4.39 Å². The van der Waals surface area contributed by atoms with E-state index in [4.69, 9.17) is 0 Å². The van der Waals surface area contributed by atoms with Crippen molar-refractivity contribution in [3.8, 4) is 0 Å². The molecule has 0 aliphatic carbocycles. The summed E-state index contributed by atoms with van der Waals surface area (Å²) in [5.74, 6) is 0.778. The van der Waals surface area contributed by atoms with Gasteiger partial charge in [0.2, 0.25) is 0 Å². The minimum atomic E-state index is -0.307. The van der Waals surface area contributed by atoms with Crippen LogP contribution in [0, 0.1) is 0 Å². The molecule has 1 aromatic heterocycles. The Kier molecular flexibility index (Phi) is 6.18. The van der Waals surface area contributed by atoms with Crippen LogP contribution in [-0.2, 0) is 13.6 Å². The summed E-state index contributed by atoms with van der Waals surface area (Å²) in [7, 11) is 5.70. The highest BCUT2D eigenvalue weighted by Crippen LogP contribution is 2.14. The van der Waals surface area contributed by atoms with Gasteiger partial charge in [0.15, 0.2) is 5.96 Å². The number of hydrogen-bond acceptors (Lipinski definition) is 1. The molecule has 0 amide bonds. The molecule has 1 heterocycles. The quantitative estimate of drug-likeness (QED) is 0.512. The summed E-state index contributed by atoms with van der Waals surface area (Å²) >= 11 is 3.45. The molecule has 0 radical (unpaired) electrons. The van der Waals surface area contributed by atoms with E-state index in [1.54, 1.807) is 7.05 Å². The van der Waals surface area contributed by atoms with E-state index in [9.17, 15) is 4.39 Å². The molecule has 0 unspecified atom stereocenters. The molecule has 1 rings (SSSR count). The summed E-state index contributed by atoms with van der Waals surface area (Å²) in [6.45, 7) is 1.04. The van der Waals surface area contributed by atoms with Crippen molar-refractivity contribution in [2.75, 3.05) is 27.3 Å². The number of rotatable bonds is 5. The van der Waals surface area contributed by atoms with Gasteiger partial charge in [-0.25, -0.2) is 0 Å². The molecule has 0 fully saturated rings. The first-order valence-corrected chi connectivity index (χ1v) is 6.66. The minimum absolute atomic E-state index is 0.307. The van der Waals surface area contributed by atoms with Gasteiger partial charge in [-0.15, -0.1) is 0 Å². The lowest BCUT2D eigenvalue weighted by atomic mass is 10.4. The predicted molar refractivity (Wildman–Crippen MR) is 76.5 cm³/mol. The normalized spacial score (nSPS) is 11.7. The maximum absolute atomic E-state index is 12.0. The van der Waals surface area contributed by atoms with Crippen molar-refractivity contribution in [2.45, 2.75) is 13.0 Å². The molecule has 4 nitrogen and oxygen atoms in total. The number of nitrogens with one attached hydrogen (secondary N) is 1. The van der Waals surface area contributed by atoms with Gasteiger partial charge in [0, 0.05) is 44.1 Å². The van der Waals surface area contributed by atoms with Gasteiger partial charge >= 0.3 is 0 Å². The fourth-order valence-electron chi connectivity index (χ4n) is 1.69. The molecule has 6 heteroatoms. The zero-order valence-corrected chi connectivity index (χ0v) is 12.7. The van der Waals surface area contributed by atoms with Gasteiger partial charge in [-0.1, -0.05) is 0 Å². The van der Waals surface area contributed by atoms with Gasteiger partial charge in [0.1, 0.15) is 0 Å². The maximum Gasteiger partial charge on any atom is 0.193 e. The smallest absolute Gasteiger partial charge is 0.193 e. The molecule has 0 atom stereocenters. The fraction of sp³-hybridized carbons (Fsp3) is 0.583. The van der Waals surface area contributed by atoms with Crippen molar-refractivity contribution >= 4 is 21.9 Å². The van der Waals surface area contributed by atoms with Crippen molar-refractivity contribution in [1.29, 1.82) is 0 Å². The van der Waals surface area contributed by atoms with Gasteiger partial charge in [-0.2, -0.15) is 0 Å². The van der Waals surface area contributed by atoms with Crippen LogP contribution in [0.2, 0.25) is 0 Å². The highest BCUT2D eigenvalue weighted by Gasteiger charge is 2.09. The van der Waals surface area contributed by atoms with Crippen LogP contribution >= 0.6 is 15.9 Å². The van der Waals surface area contributed by atoms with E-state index in [1.165, 1.54) is 5.69 Å². The molecule has 0 saturated heterocycles. The monoisotopic (exact) mass is 318 g/mol. The van der Waals surface area contributed by atoms with E-state index in [0.29, 0.717) is 13.0 Å². The predicted octanol–water partition coefficient (Wildman–Crippen LogP) is 2.15. The Hall–Kier alpha value is -1.04. The van der Waals surface area contributed by atoms with Crippen molar-refractivity contribution in [2.24, 2.45) is 12.0 Å². The van der Waals surface area contributed by atoms with Crippen LogP contribution in [0.15, 0.2) is 21.7 Å². The summed E-state index contributed by atoms with van der Waals surface area (Å²) < 4.78 is 15.2. The van der Waals surface area contributed by atoms with Gasteiger partial charge in [0.05, 0.1) is 13.2 Å². The van der Waals surface area contributed by atoms with E-state index in [-0.39, 0.29) is 6.67 Å². The summed E-state index contributed by atoms with van der Waals surface area (Å²) in [5.41, 5.74) is 1.18. The third kappa shape index (κ3) is 4.33. The van der Waals surface area contributed by atoms with Gasteiger partial charge in [-0.3, -0.25) is 9.38 Å². The maximum atomic E-state index is 12.0. The lowest BCUT2D eigenvalue weighted by molar-refractivity contribution is 0.444. The van der Waals surface area contributed by atoms with Crippen LogP contribution in [0.1, 0.15) is 12.1 Å². The Morgan fingerprint density at radius 1 is 1.61 bits per heavy atom. The SMILES string of the molecule is CN=C(NCCCF)N(C)Cc1cc(Br)cn1C. The first-order valence-electron chi connectivity index (χ1n) is 5.87. The van der Waals surface area contributed by atoms with Crippen LogP contribution in [0.3, 0.4) is 0 Å². The zero-order chi connectivity index (χ0) is 13.5. The Morgan fingerprint density at radius 3 is 2.83 bits per heavy atom. The topological polar surface area (TPSA) is 32.6 Å². The molecule has 0 aliphatic heterocycles. The van der Waals surface area contributed by atoms with E-state index in [0.717, 1.165) is 17.0 Å². The number of nitrogens with zero attached hydrogens (tertiary/aromatic N) is 3. The first kappa shape index (κ1) is 15.0. The Morgan fingerprint density at radius 2 is 2.33 bits per heavy atom. The van der Waals surface area contributed by atoms with Gasteiger partial charge in [0.25, 0.3) is 0 Å². The highest BCUT2D eigenvalue weighted by atomic mass is 79.9. The number of alkyl halides is 1. The number of aryl methyl sites for hydroxylation is 1. The van der Waals surface area contributed by atoms with Crippen LogP contribution in [-0.4, -0.2) is 42.7 Å². The largest absolute Gasteiger partial charge is 0.356 e. The van der Waals surface area contributed by atoms with E-state index < -0.39 is 0 Å². The molecular weight excluding hydrogens is 299 g/mol. The van der Waals surface area contributed by atoms with Crippen LogP contribution in [0.25, 0.3) is 0 Å². The molecule has 18 heavy (non-hydrogen) atoms. The summed E-state index contributed by atoms with van der Waals surface area (Å²) in [6, 6.07) is 2.07. The molecule has 0 spiro atoms. The molecule has 1 N–H and O–H groups in total. The highest BCUT2D eigenvalue weighted by molar-refractivity contribution is 9.10. The number of aromatic nitrogens is 1. The molecule has 1 aromatic rings. The number of hydrogen-bond donors (Lipinski definition) is 1. The molecule has 102 valence electrons. The third-order valence-corrected chi connectivity index (χ3v) is 3.07. The second kappa shape index (κ2) is 7.41. The van der Waals surface area contributed by atoms with E-state index >= 15 is 0 Å². The summed E-state index contributed by atoms with van der Waals surface area (Å²) in [6.07, 6.45) is 2.52. The van der Waals surface area contributed by atoms with Gasteiger partial charge in [-0.05, 0) is 28.4 Å². The Bertz CT molecular complexity index is 403. The number of guanidine groups is 1. The number of halogens is 2. The van der Waals surface area contributed by atoms with Crippen molar-refractivity contribution in [1.82, 2.24) is 14.8 Å². The van der Waals surface area contributed by atoms with E-state index in [2.05, 4.69) is 36.9 Å². The lowest BCUT2D eigenvalue weighted by Gasteiger charge is -2.22. The standard InChI is InChI=1S/C12H20BrFN4/c1-15-12(16-6-4-5-14)18(3)9-11-7-10(13)8-17(11)2/h7-8H,4-6,9H2,1-3H3,(H,15,16).